The van der Waals surface area contributed by atoms with Gasteiger partial charge in [0.15, 0.2) is 0 Å². The third-order valence-corrected chi connectivity index (χ3v) is 4.68. The van der Waals surface area contributed by atoms with Crippen LogP contribution in [0.5, 0.6) is 0 Å². The highest BCUT2D eigenvalue weighted by Crippen LogP contribution is 2.26. The molecule has 2 amide bonds. The molecule has 0 saturated heterocycles. The number of hydrogen-bond donors (Lipinski definition) is 3. The molecule has 0 spiro atoms. The number of benzene rings is 1. The van der Waals surface area contributed by atoms with Crippen LogP contribution in [0.2, 0.25) is 0 Å². The summed E-state index contributed by atoms with van der Waals surface area (Å²) in [6.45, 7) is 7.05. The molecular weight excluding hydrogens is 320 g/mol. The van der Waals surface area contributed by atoms with Gasteiger partial charge in [-0.3, -0.25) is 14.4 Å². The summed E-state index contributed by atoms with van der Waals surface area (Å²) in [7, 11) is 0. The van der Waals surface area contributed by atoms with E-state index in [-0.39, 0.29) is 24.8 Å². The van der Waals surface area contributed by atoms with E-state index in [0.717, 1.165) is 11.1 Å². The molecule has 1 unspecified atom stereocenters. The molecule has 0 fully saturated rings. The van der Waals surface area contributed by atoms with E-state index in [9.17, 15) is 19.5 Å². The number of amides is 2. The van der Waals surface area contributed by atoms with Crippen LogP contribution in [0.25, 0.3) is 0 Å². The topological polar surface area (TPSA) is 95.5 Å². The average Bonchev–Trinajstić information content (AvgIpc) is 2.55. The zero-order chi connectivity index (χ0) is 19.0. The summed E-state index contributed by atoms with van der Waals surface area (Å²) < 4.78 is 0. The van der Waals surface area contributed by atoms with Gasteiger partial charge in [-0.15, -0.1) is 0 Å². The van der Waals surface area contributed by atoms with Gasteiger partial charge >= 0.3 is 5.97 Å². The van der Waals surface area contributed by atoms with E-state index in [1.807, 2.05) is 31.2 Å². The van der Waals surface area contributed by atoms with E-state index in [4.69, 9.17) is 0 Å². The predicted octanol–water partition coefficient (Wildman–Crippen LogP) is 2.57. The van der Waals surface area contributed by atoms with Crippen molar-refractivity contribution in [1.29, 1.82) is 0 Å². The van der Waals surface area contributed by atoms with E-state index < -0.39 is 17.4 Å². The highest BCUT2D eigenvalue weighted by molar-refractivity contribution is 5.80. The first-order valence-corrected chi connectivity index (χ1v) is 8.57. The Kier molecular flexibility index (Phi) is 7.61. The second-order valence-corrected chi connectivity index (χ2v) is 6.44. The van der Waals surface area contributed by atoms with Gasteiger partial charge < -0.3 is 15.7 Å². The van der Waals surface area contributed by atoms with Gasteiger partial charge in [-0.05, 0) is 25.3 Å². The SMILES string of the molecule is CCC(CC)(CNC(=O)CC(NC(C)=O)c1ccc(C)cc1)C(=O)O. The molecule has 25 heavy (non-hydrogen) atoms. The van der Waals surface area contributed by atoms with Gasteiger partial charge in [0.25, 0.3) is 0 Å². The molecule has 0 saturated carbocycles. The molecule has 1 aromatic carbocycles. The van der Waals surface area contributed by atoms with Crippen molar-refractivity contribution in [2.24, 2.45) is 5.41 Å². The summed E-state index contributed by atoms with van der Waals surface area (Å²) in [5.41, 5.74) is 0.974. The Bertz CT molecular complexity index is 606. The molecule has 0 aliphatic rings. The number of aliphatic carboxylic acids is 1. The van der Waals surface area contributed by atoms with Crippen LogP contribution in [-0.2, 0) is 14.4 Å². The molecule has 0 aliphatic heterocycles. The second kappa shape index (κ2) is 9.20. The fourth-order valence-corrected chi connectivity index (χ4v) is 2.70. The number of carboxylic acid groups (broad SMARTS) is 1. The molecule has 0 heterocycles. The van der Waals surface area contributed by atoms with Gasteiger partial charge in [0, 0.05) is 13.5 Å². The highest BCUT2D eigenvalue weighted by atomic mass is 16.4. The Morgan fingerprint density at radius 2 is 1.68 bits per heavy atom. The second-order valence-electron chi connectivity index (χ2n) is 6.44. The molecule has 1 atom stereocenters. The molecular formula is C19H28N2O4. The van der Waals surface area contributed by atoms with Crippen molar-refractivity contribution in [1.82, 2.24) is 10.6 Å². The summed E-state index contributed by atoms with van der Waals surface area (Å²) in [6, 6.07) is 7.16. The summed E-state index contributed by atoms with van der Waals surface area (Å²) in [6.07, 6.45) is 0.935. The van der Waals surface area contributed by atoms with E-state index in [2.05, 4.69) is 10.6 Å². The first kappa shape index (κ1) is 20.7. The standard InChI is InChI=1S/C19H28N2O4/c1-5-19(6-2,18(24)25)12-20-17(23)11-16(21-14(4)22)15-9-7-13(3)8-10-15/h7-10,16H,5-6,11-12H2,1-4H3,(H,20,23)(H,21,22)(H,24,25). The third-order valence-electron chi connectivity index (χ3n) is 4.68. The largest absolute Gasteiger partial charge is 0.481 e. The van der Waals surface area contributed by atoms with Crippen LogP contribution in [-0.4, -0.2) is 29.4 Å². The molecule has 0 aromatic heterocycles. The van der Waals surface area contributed by atoms with Crippen LogP contribution < -0.4 is 10.6 Å². The van der Waals surface area contributed by atoms with Crippen LogP contribution in [0.4, 0.5) is 0 Å². The van der Waals surface area contributed by atoms with Crippen LogP contribution in [0.15, 0.2) is 24.3 Å². The maximum Gasteiger partial charge on any atom is 0.311 e. The van der Waals surface area contributed by atoms with Gasteiger partial charge in [0.2, 0.25) is 11.8 Å². The van der Waals surface area contributed by atoms with Crippen molar-refractivity contribution in [2.75, 3.05) is 6.54 Å². The normalized spacial score (nSPS) is 12.3. The molecule has 6 heteroatoms. The van der Waals surface area contributed by atoms with Gasteiger partial charge in [0.05, 0.1) is 17.9 Å². The number of carbonyl (C=O) groups is 3. The monoisotopic (exact) mass is 348 g/mol. The van der Waals surface area contributed by atoms with Crippen molar-refractivity contribution in [3.05, 3.63) is 35.4 Å². The third kappa shape index (κ3) is 5.89. The summed E-state index contributed by atoms with van der Waals surface area (Å²) >= 11 is 0. The van der Waals surface area contributed by atoms with Crippen LogP contribution >= 0.6 is 0 Å². The lowest BCUT2D eigenvalue weighted by Gasteiger charge is -2.27. The zero-order valence-electron chi connectivity index (χ0n) is 15.4. The lowest BCUT2D eigenvalue weighted by Crippen LogP contribution is -2.43. The van der Waals surface area contributed by atoms with Gasteiger partial charge in [-0.2, -0.15) is 0 Å². The average molecular weight is 348 g/mol. The van der Waals surface area contributed by atoms with Crippen molar-refractivity contribution in [2.45, 2.75) is 53.0 Å². The van der Waals surface area contributed by atoms with Gasteiger partial charge in [-0.25, -0.2) is 0 Å². The summed E-state index contributed by atoms with van der Waals surface area (Å²) in [5, 5.41) is 14.9. The van der Waals surface area contributed by atoms with E-state index in [1.54, 1.807) is 13.8 Å². The first-order valence-electron chi connectivity index (χ1n) is 8.57. The van der Waals surface area contributed by atoms with Crippen LogP contribution in [0.3, 0.4) is 0 Å². The Hall–Kier alpha value is -2.37. The molecule has 0 radical (unpaired) electrons. The number of rotatable bonds is 9. The van der Waals surface area contributed by atoms with Crippen molar-refractivity contribution >= 4 is 17.8 Å². The van der Waals surface area contributed by atoms with Crippen LogP contribution in [0.1, 0.15) is 57.2 Å². The smallest absolute Gasteiger partial charge is 0.311 e. The molecule has 3 N–H and O–H groups in total. The fraction of sp³-hybridized carbons (Fsp3) is 0.526. The van der Waals surface area contributed by atoms with E-state index >= 15 is 0 Å². The molecule has 6 nitrogen and oxygen atoms in total. The Balaban J connectivity index is 2.80. The maximum atomic E-state index is 12.3. The van der Waals surface area contributed by atoms with Crippen molar-refractivity contribution in [3.8, 4) is 0 Å². The Labute approximate surface area is 149 Å². The molecule has 0 bridgehead atoms. The van der Waals surface area contributed by atoms with Gasteiger partial charge in [0.1, 0.15) is 0 Å². The van der Waals surface area contributed by atoms with E-state index in [1.165, 1.54) is 6.92 Å². The Morgan fingerprint density at radius 3 is 2.12 bits per heavy atom. The van der Waals surface area contributed by atoms with Crippen LogP contribution in [0, 0.1) is 12.3 Å². The number of aryl methyl sites for hydroxylation is 1. The molecule has 1 aromatic rings. The van der Waals surface area contributed by atoms with Crippen molar-refractivity contribution in [3.63, 3.8) is 0 Å². The maximum absolute atomic E-state index is 12.3. The molecule has 138 valence electrons. The minimum absolute atomic E-state index is 0.0613. The predicted molar refractivity (Wildman–Crippen MR) is 96.0 cm³/mol. The molecule has 1 rings (SSSR count). The minimum Gasteiger partial charge on any atom is -0.481 e. The zero-order valence-corrected chi connectivity index (χ0v) is 15.4. The van der Waals surface area contributed by atoms with E-state index in [0.29, 0.717) is 12.8 Å². The van der Waals surface area contributed by atoms with Gasteiger partial charge in [-0.1, -0.05) is 43.7 Å². The van der Waals surface area contributed by atoms with Crippen molar-refractivity contribution < 1.29 is 19.5 Å². The quantitative estimate of drug-likeness (QED) is 0.639. The first-order chi connectivity index (χ1) is 11.7. The number of hydrogen-bond acceptors (Lipinski definition) is 3. The Morgan fingerprint density at radius 1 is 1.12 bits per heavy atom. The summed E-state index contributed by atoms with van der Waals surface area (Å²) in [4.78, 5) is 35.3. The minimum atomic E-state index is -0.955. The fourth-order valence-electron chi connectivity index (χ4n) is 2.70. The lowest BCUT2D eigenvalue weighted by molar-refractivity contribution is -0.149. The lowest BCUT2D eigenvalue weighted by atomic mass is 9.82. The summed E-state index contributed by atoms with van der Waals surface area (Å²) in [5.74, 6) is -1.41. The molecule has 0 aliphatic carbocycles. The number of nitrogens with one attached hydrogen (secondary N) is 2. The number of carbonyl (C=O) groups excluding carboxylic acids is 2. The number of carboxylic acids is 1. The highest BCUT2D eigenvalue weighted by Gasteiger charge is 2.35.